The quantitative estimate of drug-likeness (QED) is 0.331. The van der Waals surface area contributed by atoms with Crippen LogP contribution in [-0.4, -0.2) is 44.0 Å². The minimum absolute atomic E-state index is 0.172. The highest BCUT2D eigenvalue weighted by Gasteiger charge is 2.29. The first-order valence-electron chi connectivity index (χ1n) is 10.6. The van der Waals surface area contributed by atoms with Gasteiger partial charge in [0, 0.05) is 29.7 Å². The lowest BCUT2D eigenvalue weighted by molar-refractivity contribution is -0.677. The molecule has 0 atom stereocenters. The predicted octanol–water partition coefficient (Wildman–Crippen LogP) is 3.15. The largest absolute Gasteiger partial charge is 0.748 e. The molecule has 0 saturated heterocycles. The first kappa shape index (κ1) is 24.7. The van der Waals surface area contributed by atoms with Crippen molar-refractivity contribution in [1.29, 1.82) is 0 Å². The molecule has 0 bridgehead atoms. The molecule has 182 valence electrons. The lowest BCUT2D eigenvalue weighted by Crippen LogP contribution is -2.36. The number of hydrogen-bond acceptors (Lipinski definition) is 8. The Bertz CT molecular complexity index is 1460. The lowest BCUT2D eigenvalue weighted by atomic mass is 10.2. The number of hydrogen-bond donors (Lipinski definition) is 1. The summed E-state index contributed by atoms with van der Waals surface area (Å²) < 4.78 is 72.8. The second-order valence-electron chi connectivity index (χ2n) is 8.02. The van der Waals surface area contributed by atoms with Crippen LogP contribution in [0.2, 0.25) is 0 Å². The highest BCUT2D eigenvalue weighted by atomic mass is 32.2. The van der Waals surface area contributed by atoms with E-state index in [2.05, 4.69) is 0 Å². The summed E-state index contributed by atoms with van der Waals surface area (Å²) in [6, 6.07) is 13.4. The van der Waals surface area contributed by atoms with E-state index in [1.54, 1.807) is 0 Å². The minimum atomic E-state index is -4.32. The van der Waals surface area contributed by atoms with Crippen LogP contribution < -0.4 is 9.47 Å². The van der Waals surface area contributed by atoms with E-state index in [-0.39, 0.29) is 18.6 Å². The van der Waals surface area contributed by atoms with Gasteiger partial charge in [-0.15, -0.1) is 0 Å². The maximum absolute atomic E-state index is 11.2. The highest BCUT2D eigenvalue weighted by Crippen LogP contribution is 2.47. The van der Waals surface area contributed by atoms with Gasteiger partial charge in [0.15, 0.2) is 6.54 Å². The number of rotatable bonds is 9. The van der Waals surface area contributed by atoms with Crippen LogP contribution in [-0.2, 0) is 26.8 Å². The molecule has 34 heavy (non-hydrogen) atoms. The van der Waals surface area contributed by atoms with Crippen molar-refractivity contribution in [3.8, 4) is 0 Å². The third-order valence-electron chi connectivity index (χ3n) is 5.33. The number of nitrogens with zero attached hydrogens (tertiary/aromatic N) is 2. The fourth-order valence-corrected chi connectivity index (χ4v) is 5.92. The number of para-hydroxylation sites is 2. The molecule has 3 aromatic rings. The van der Waals surface area contributed by atoms with E-state index in [0.717, 1.165) is 26.7 Å². The Morgan fingerprint density at radius 2 is 1.88 bits per heavy atom. The highest BCUT2D eigenvalue weighted by molar-refractivity contribution is 8.03. The fraction of sp³-hybridized carbons (Fsp3) is 0.318. The summed E-state index contributed by atoms with van der Waals surface area (Å²) in [6.45, 7) is 2.61. The molecule has 2 heterocycles. The molecule has 0 aliphatic carbocycles. The van der Waals surface area contributed by atoms with Crippen molar-refractivity contribution in [3.05, 3.63) is 58.9 Å². The van der Waals surface area contributed by atoms with Crippen LogP contribution >= 0.6 is 11.8 Å². The summed E-state index contributed by atoms with van der Waals surface area (Å²) in [7, 11) is -8.40. The Kier molecular flexibility index (Phi) is 7.06. The predicted molar refractivity (Wildman–Crippen MR) is 129 cm³/mol. The van der Waals surface area contributed by atoms with Crippen LogP contribution in [0.5, 0.6) is 0 Å². The summed E-state index contributed by atoms with van der Waals surface area (Å²) in [6.07, 6.45) is 2.20. The number of aryl methyl sites for hydroxylation is 2. The molecule has 12 heteroatoms. The molecule has 1 aromatic heterocycles. The molecule has 1 aliphatic rings. The van der Waals surface area contributed by atoms with E-state index in [1.165, 1.54) is 11.8 Å². The molecular weight excluding hydrogens is 500 g/mol. The Hall–Kier alpha value is -2.38. The van der Waals surface area contributed by atoms with Gasteiger partial charge in [0.2, 0.25) is 5.58 Å². The van der Waals surface area contributed by atoms with E-state index >= 15 is 0 Å². The molecule has 9 nitrogen and oxygen atoms in total. The second-order valence-corrected chi connectivity index (χ2v) is 12.2. The van der Waals surface area contributed by atoms with E-state index in [0.29, 0.717) is 24.6 Å². The number of aromatic nitrogens is 1. The fourth-order valence-electron chi connectivity index (χ4n) is 3.85. The maximum atomic E-state index is 11.2. The molecule has 4 rings (SSSR count). The summed E-state index contributed by atoms with van der Waals surface area (Å²) in [4.78, 5) is 2.96. The van der Waals surface area contributed by atoms with Crippen LogP contribution in [0.4, 0.5) is 5.69 Å². The van der Waals surface area contributed by atoms with Crippen molar-refractivity contribution >= 4 is 54.9 Å². The third kappa shape index (κ3) is 5.99. The van der Waals surface area contributed by atoms with Gasteiger partial charge in [-0.25, -0.2) is 8.42 Å². The molecular formula is C22H24N2O7S3. The van der Waals surface area contributed by atoms with Crippen molar-refractivity contribution in [2.45, 2.75) is 31.2 Å². The van der Waals surface area contributed by atoms with Gasteiger partial charge in [-0.2, -0.15) is 13.0 Å². The van der Waals surface area contributed by atoms with Gasteiger partial charge in [0.05, 0.1) is 32.7 Å². The molecule has 0 saturated carbocycles. The van der Waals surface area contributed by atoms with Gasteiger partial charge in [-0.05, 0) is 37.1 Å². The van der Waals surface area contributed by atoms with Gasteiger partial charge in [0.1, 0.15) is 0 Å². The molecule has 0 unspecified atom stereocenters. The number of fused-ring (bicyclic) bond motifs is 2. The van der Waals surface area contributed by atoms with Crippen LogP contribution in [0.25, 0.3) is 17.2 Å². The molecule has 0 fully saturated rings. The minimum Gasteiger partial charge on any atom is -0.748 e. The standard InChI is InChI=1S/C22H24N2O7S3/c1-16-8-9-20-18(14-16)24(11-5-13-34(28,29)30)22(32-20)15-21-23(10-4-12-33(25,26)27)17-6-2-3-7-19(17)31-21/h2-3,6-9,14-15H,4-5,10-13H2,1H3,(H-,25,26,27,28,29,30). The van der Waals surface area contributed by atoms with Crippen molar-refractivity contribution in [1.82, 2.24) is 0 Å². The molecule has 1 aliphatic heterocycles. The number of anilines is 1. The zero-order chi connectivity index (χ0) is 24.5. The Morgan fingerprint density at radius 1 is 1.12 bits per heavy atom. The van der Waals surface area contributed by atoms with Gasteiger partial charge >= 0.3 is 5.89 Å². The monoisotopic (exact) mass is 524 g/mol. The van der Waals surface area contributed by atoms with Crippen LogP contribution in [0.3, 0.4) is 0 Å². The van der Waals surface area contributed by atoms with Gasteiger partial charge in [-0.1, -0.05) is 30.0 Å². The number of oxazole rings is 1. The van der Waals surface area contributed by atoms with Crippen molar-refractivity contribution in [2.24, 2.45) is 0 Å². The van der Waals surface area contributed by atoms with Crippen LogP contribution in [0.15, 0.2) is 56.8 Å². The summed E-state index contributed by atoms with van der Waals surface area (Å²) in [5.41, 5.74) is 3.38. The first-order chi connectivity index (χ1) is 16.0. The van der Waals surface area contributed by atoms with Crippen molar-refractivity contribution in [2.75, 3.05) is 23.0 Å². The Balaban J connectivity index is 1.70. The molecule has 0 radical (unpaired) electrons. The Labute approximate surface area is 202 Å². The molecule has 2 aromatic carbocycles. The van der Waals surface area contributed by atoms with Gasteiger partial charge < -0.3 is 13.9 Å². The zero-order valence-electron chi connectivity index (χ0n) is 18.4. The van der Waals surface area contributed by atoms with Crippen molar-refractivity contribution in [3.63, 3.8) is 0 Å². The summed E-state index contributed by atoms with van der Waals surface area (Å²) in [5, 5.41) is 0.798. The van der Waals surface area contributed by atoms with Crippen molar-refractivity contribution < 1.29 is 34.9 Å². The summed E-state index contributed by atoms with van der Waals surface area (Å²) >= 11 is 1.50. The smallest absolute Gasteiger partial charge is 0.376 e. The van der Waals surface area contributed by atoms with E-state index in [9.17, 15) is 21.4 Å². The normalized spacial score (nSPS) is 15.4. The third-order valence-corrected chi connectivity index (χ3v) is 8.04. The SMILES string of the molecule is Cc1ccc2c(c1)N(CCCS(=O)(=O)[O-])/C(=C/c1oc3ccccc3[n+]1CCCS(=O)(=O)O)S2. The molecule has 1 N–H and O–H groups in total. The summed E-state index contributed by atoms with van der Waals surface area (Å²) in [5.74, 6) is -0.335. The molecule has 0 amide bonds. The number of thioether (sulfide) groups is 1. The van der Waals surface area contributed by atoms with Crippen LogP contribution in [0.1, 0.15) is 24.3 Å². The topological polar surface area (TPSA) is 132 Å². The van der Waals surface area contributed by atoms with E-state index < -0.39 is 26.0 Å². The second kappa shape index (κ2) is 9.70. The average Bonchev–Trinajstić information content (AvgIpc) is 3.24. The van der Waals surface area contributed by atoms with E-state index in [4.69, 9.17) is 8.97 Å². The first-order valence-corrected chi connectivity index (χ1v) is 14.6. The Morgan fingerprint density at radius 3 is 2.62 bits per heavy atom. The van der Waals surface area contributed by atoms with Gasteiger partial charge in [0.25, 0.3) is 15.6 Å². The average molecular weight is 525 g/mol. The molecule has 0 spiro atoms. The van der Waals surface area contributed by atoms with Crippen LogP contribution in [0, 0.1) is 6.92 Å². The van der Waals surface area contributed by atoms with E-state index in [1.807, 2.05) is 64.9 Å². The number of benzene rings is 2. The zero-order valence-corrected chi connectivity index (χ0v) is 20.8. The maximum Gasteiger partial charge on any atom is 0.376 e. The lowest BCUT2D eigenvalue weighted by Gasteiger charge is -2.20. The van der Waals surface area contributed by atoms with Gasteiger partial charge in [-0.3, -0.25) is 4.55 Å².